The molecule has 2 aromatic carbocycles. The highest BCUT2D eigenvalue weighted by atomic mass is 32.2. The maximum absolute atomic E-state index is 12.1. The maximum Gasteiger partial charge on any atom is 0.264 e. The van der Waals surface area contributed by atoms with Crippen molar-refractivity contribution in [2.75, 3.05) is 0 Å². The largest absolute Gasteiger partial charge is 0.300 e. The molecule has 1 aliphatic rings. The number of amidine groups is 1. The number of nitrogens with one attached hydrogen (secondary N) is 1. The lowest BCUT2D eigenvalue weighted by Crippen LogP contribution is -2.19. The van der Waals surface area contributed by atoms with Crippen LogP contribution < -0.4 is 5.32 Å². The zero-order valence-electron chi connectivity index (χ0n) is 13.4. The molecule has 0 radical (unpaired) electrons. The predicted molar refractivity (Wildman–Crippen MR) is 97.9 cm³/mol. The third kappa shape index (κ3) is 3.54. The summed E-state index contributed by atoms with van der Waals surface area (Å²) in [4.78, 5) is 17.4. The molecule has 3 nitrogen and oxygen atoms in total. The number of rotatable bonds is 2. The molecule has 0 spiro atoms. The zero-order chi connectivity index (χ0) is 16.4. The molecule has 23 heavy (non-hydrogen) atoms. The van der Waals surface area contributed by atoms with Crippen LogP contribution in [0.1, 0.15) is 22.3 Å². The first-order valence-corrected chi connectivity index (χ1v) is 8.27. The number of aryl methyl sites for hydroxylation is 2. The van der Waals surface area contributed by atoms with Crippen LogP contribution in [0.3, 0.4) is 0 Å². The van der Waals surface area contributed by atoms with E-state index in [1.54, 1.807) is 0 Å². The van der Waals surface area contributed by atoms with Crippen molar-refractivity contribution < 1.29 is 4.79 Å². The van der Waals surface area contributed by atoms with Gasteiger partial charge in [-0.05, 0) is 61.4 Å². The topological polar surface area (TPSA) is 41.5 Å². The quantitative estimate of drug-likeness (QED) is 0.827. The van der Waals surface area contributed by atoms with E-state index in [-0.39, 0.29) is 5.91 Å². The van der Waals surface area contributed by atoms with Crippen molar-refractivity contribution >= 4 is 34.6 Å². The molecule has 0 unspecified atom stereocenters. The minimum Gasteiger partial charge on any atom is -0.300 e. The monoisotopic (exact) mass is 322 g/mol. The molecule has 0 bridgehead atoms. The summed E-state index contributed by atoms with van der Waals surface area (Å²) in [6.07, 6.45) is 1.89. The molecule has 2 aromatic rings. The molecule has 0 saturated carbocycles. The average molecular weight is 322 g/mol. The third-order valence-electron chi connectivity index (χ3n) is 3.82. The molecule has 0 atom stereocenters. The van der Waals surface area contributed by atoms with Gasteiger partial charge in [0.2, 0.25) is 0 Å². The van der Waals surface area contributed by atoms with Crippen molar-refractivity contribution in [3.63, 3.8) is 0 Å². The van der Waals surface area contributed by atoms with E-state index in [1.807, 2.05) is 56.3 Å². The number of hydrogen-bond donors (Lipinski definition) is 1. The summed E-state index contributed by atoms with van der Waals surface area (Å²) in [5, 5.41) is 3.46. The van der Waals surface area contributed by atoms with E-state index in [1.165, 1.54) is 22.9 Å². The van der Waals surface area contributed by atoms with E-state index in [9.17, 15) is 4.79 Å². The van der Waals surface area contributed by atoms with Crippen molar-refractivity contribution in [1.82, 2.24) is 5.32 Å². The molecule has 1 heterocycles. The number of carbonyl (C=O) groups excluding carboxylic acids is 1. The van der Waals surface area contributed by atoms with Gasteiger partial charge in [-0.25, -0.2) is 4.99 Å². The normalized spacial score (nSPS) is 17.8. The van der Waals surface area contributed by atoms with E-state index in [0.29, 0.717) is 10.1 Å². The lowest BCUT2D eigenvalue weighted by Gasteiger charge is -2.04. The van der Waals surface area contributed by atoms with Crippen LogP contribution in [-0.4, -0.2) is 11.1 Å². The summed E-state index contributed by atoms with van der Waals surface area (Å²) >= 11 is 1.38. The fourth-order valence-corrected chi connectivity index (χ4v) is 3.10. The van der Waals surface area contributed by atoms with Gasteiger partial charge in [-0.3, -0.25) is 4.79 Å². The van der Waals surface area contributed by atoms with E-state index >= 15 is 0 Å². The molecule has 116 valence electrons. The highest BCUT2D eigenvalue weighted by Gasteiger charge is 2.23. The number of aliphatic imine (C=N–C) groups is 1. The predicted octanol–water partition coefficient (Wildman–Crippen LogP) is 4.50. The smallest absolute Gasteiger partial charge is 0.264 e. The minimum absolute atomic E-state index is 0.0976. The number of carbonyl (C=O) groups is 1. The number of thioether (sulfide) groups is 1. The van der Waals surface area contributed by atoms with Crippen LogP contribution in [0, 0.1) is 20.8 Å². The number of amides is 1. The molecule has 0 aromatic heterocycles. The van der Waals surface area contributed by atoms with Crippen LogP contribution in [-0.2, 0) is 4.79 Å². The van der Waals surface area contributed by atoms with Crippen LogP contribution in [0.15, 0.2) is 52.4 Å². The molecular formula is C19H18N2OS. The van der Waals surface area contributed by atoms with Gasteiger partial charge in [-0.1, -0.05) is 42.0 Å². The second kappa shape index (κ2) is 6.42. The Hall–Kier alpha value is -2.33. The van der Waals surface area contributed by atoms with E-state index < -0.39 is 0 Å². The lowest BCUT2D eigenvalue weighted by molar-refractivity contribution is -0.115. The van der Waals surface area contributed by atoms with Gasteiger partial charge in [0.25, 0.3) is 5.91 Å². The Morgan fingerprint density at radius 2 is 1.78 bits per heavy atom. The average Bonchev–Trinajstić information content (AvgIpc) is 2.86. The maximum atomic E-state index is 12.1. The molecule has 1 N–H and O–H groups in total. The summed E-state index contributed by atoms with van der Waals surface area (Å²) in [5.74, 6) is -0.0976. The van der Waals surface area contributed by atoms with Gasteiger partial charge in [0, 0.05) is 0 Å². The molecule has 0 aliphatic carbocycles. The molecule has 4 heteroatoms. The van der Waals surface area contributed by atoms with Crippen molar-refractivity contribution in [3.05, 3.63) is 69.6 Å². The summed E-state index contributed by atoms with van der Waals surface area (Å²) in [5.41, 5.74) is 5.43. The summed E-state index contributed by atoms with van der Waals surface area (Å²) in [7, 11) is 0. The Morgan fingerprint density at radius 1 is 1.04 bits per heavy atom. The first-order valence-electron chi connectivity index (χ1n) is 7.45. The Labute approximate surface area is 140 Å². The SMILES string of the molecule is Cc1ccc(/C=C2\SC(=Nc3cccc(C)c3C)NC2=O)cc1. The van der Waals surface area contributed by atoms with Gasteiger partial charge in [0.1, 0.15) is 0 Å². The second-order valence-electron chi connectivity index (χ2n) is 5.61. The van der Waals surface area contributed by atoms with Gasteiger partial charge >= 0.3 is 0 Å². The van der Waals surface area contributed by atoms with Gasteiger partial charge in [0.05, 0.1) is 10.6 Å². The van der Waals surface area contributed by atoms with Crippen LogP contribution in [0.2, 0.25) is 0 Å². The number of hydrogen-bond acceptors (Lipinski definition) is 3. The zero-order valence-corrected chi connectivity index (χ0v) is 14.2. The van der Waals surface area contributed by atoms with Gasteiger partial charge < -0.3 is 5.32 Å². The molecule has 1 fully saturated rings. The summed E-state index contributed by atoms with van der Waals surface area (Å²) in [6, 6.07) is 14.1. The molecule has 1 saturated heterocycles. The molecule has 1 amide bonds. The van der Waals surface area contributed by atoms with E-state index in [0.717, 1.165) is 16.8 Å². The highest BCUT2D eigenvalue weighted by molar-refractivity contribution is 8.18. The Balaban J connectivity index is 1.86. The van der Waals surface area contributed by atoms with E-state index in [4.69, 9.17) is 0 Å². The van der Waals surface area contributed by atoms with Gasteiger partial charge in [-0.15, -0.1) is 0 Å². The van der Waals surface area contributed by atoms with E-state index in [2.05, 4.69) is 23.3 Å². The second-order valence-corrected chi connectivity index (χ2v) is 6.64. The fraction of sp³-hybridized carbons (Fsp3) is 0.158. The van der Waals surface area contributed by atoms with Crippen LogP contribution in [0.25, 0.3) is 6.08 Å². The third-order valence-corrected chi connectivity index (χ3v) is 4.73. The summed E-state index contributed by atoms with van der Waals surface area (Å²) in [6.45, 7) is 6.14. The number of benzene rings is 2. The Bertz CT molecular complexity index is 820. The number of nitrogens with zero attached hydrogens (tertiary/aromatic N) is 1. The Kier molecular flexibility index (Phi) is 4.35. The van der Waals surface area contributed by atoms with Crippen LogP contribution in [0.4, 0.5) is 5.69 Å². The lowest BCUT2D eigenvalue weighted by atomic mass is 10.1. The van der Waals surface area contributed by atoms with Crippen molar-refractivity contribution in [2.24, 2.45) is 4.99 Å². The first-order chi connectivity index (χ1) is 11.0. The van der Waals surface area contributed by atoms with Gasteiger partial charge in [-0.2, -0.15) is 0 Å². The van der Waals surface area contributed by atoms with Crippen molar-refractivity contribution in [3.8, 4) is 0 Å². The minimum atomic E-state index is -0.0976. The highest BCUT2D eigenvalue weighted by Crippen LogP contribution is 2.29. The molecule has 1 aliphatic heterocycles. The van der Waals surface area contributed by atoms with Crippen LogP contribution in [0.5, 0.6) is 0 Å². The van der Waals surface area contributed by atoms with Crippen LogP contribution >= 0.6 is 11.8 Å². The van der Waals surface area contributed by atoms with Crippen molar-refractivity contribution in [1.29, 1.82) is 0 Å². The van der Waals surface area contributed by atoms with Gasteiger partial charge in [0.15, 0.2) is 5.17 Å². The standard InChI is InChI=1S/C19H18N2OS/c1-12-7-9-15(10-8-12)11-17-18(22)21-19(23-17)20-16-6-4-5-13(2)14(16)3/h4-11H,1-3H3,(H,20,21,22)/b17-11-. The first kappa shape index (κ1) is 15.6. The molecule has 3 rings (SSSR count). The Morgan fingerprint density at radius 3 is 2.52 bits per heavy atom. The van der Waals surface area contributed by atoms with Crippen molar-refractivity contribution in [2.45, 2.75) is 20.8 Å². The molecular weight excluding hydrogens is 304 g/mol. The fourth-order valence-electron chi connectivity index (χ4n) is 2.26. The summed E-state index contributed by atoms with van der Waals surface area (Å²) < 4.78 is 0.